The Hall–Kier alpha value is -3.01. The summed E-state index contributed by atoms with van der Waals surface area (Å²) >= 11 is 0. The number of benzene rings is 2. The molecule has 2 aromatic carbocycles. The Balaban J connectivity index is 2.10. The molecular formula is C21H21N3O. The van der Waals surface area contributed by atoms with E-state index in [1.54, 1.807) is 4.57 Å². The second kappa shape index (κ2) is 5.52. The number of aromatic nitrogens is 2. The van der Waals surface area contributed by atoms with Gasteiger partial charge in [0.1, 0.15) is 0 Å². The quantitative estimate of drug-likeness (QED) is 0.555. The lowest BCUT2D eigenvalue weighted by molar-refractivity contribution is 0.427. The maximum atomic E-state index is 10.4. The van der Waals surface area contributed by atoms with E-state index in [4.69, 9.17) is 10.7 Å². The molecule has 0 saturated carbocycles. The lowest BCUT2D eigenvalue weighted by Gasteiger charge is -2.11. The average molecular weight is 331 g/mol. The Morgan fingerprint density at radius 2 is 1.84 bits per heavy atom. The van der Waals surface area contributed by atoms with Crippen LogP contribution < -0.4 is 5.73 Å². The summed E-state index contributed by atoms with van der Waals surface area (Å²) in [5.41, 5.74) is 13.2. The Bertz CT molecular complexity index is 1110. The van der Waals surface area contributed by atoms with Crippen molar-refractivity contribution in [3.05, 3.63) is 53.7 Å². The Morgan fingerprint density at radius 1 is 1.12 bits per heavy atom. The maximum absolute atomic E-state index is 10.4. The Morgan fingerprint density at radius 3 is 2.52 bits per heavy atom. The summed E-state index contributed by atoms with van der Waals surface area (Å²) in [6.45, 7) is 6.85. The molecule has 0 aliphatic heterocycles. The summed E-state index contributed by atoms with van der Waals surface area (Å²) in [5.74, 6) is 0.182. The number of hydrogen-bond acceptors (Lipinski definition) is 3. The van der Waals surface area contributed by atoms with Crippen molar-refractivity contribution < 1.29 is 5.11 Å². The minimum atomic E-state index is 0.182. The van der Waals surface area contributed by atoms with Gasteiger partial charge in [0.25, 0.3) is 0 Å². The standard InChI is InChI=1S/C21H21N3O/c1-4-24-11-17-18(21(24)25)19(22)16-7-5-6-15(20(16)23-17)14-9-12(2)8-13(3)10-14/h5-11,25H,4,22H2,1-3H3. The van der Waals surface area contributed by atoms with E-state index < -0.39 is 0 Å². The number of pyridine rings is 1. The monoisotopic (exact) mass is 331 g/mol. The van der Waals surface area contributed by atoms with Gasteiger partial charge in [-0.05, 0) is 26.3 Å². The van der Waals surface area contributed by atoms with E-state index in [1.165, 1.54) is 11.1 Å². The van der Waals surface area contributed by atoms with Crippen LogP contribution in [-0.4, -0.2) is 14.7 Å². The molecule has 0 fully saturated rings. The van der Waals surface area contributed by atoms with Gasteiger partial charge in [0, 0.05) is 23.7 Å². The lowest BCUT2D eigenvalue weighted by Crippen LogP contribution is -1.93. The molecule has 2 heterocycles. The molecule has 4 heteroatoms. The van der Waals surface area contributed by atoms with Crippen LogP contribution in [0.15, 0.2) is 42.6 Å². The molecule has 0 amide bonds. The van der Waals surface area contributed by atoms with Gasteiger partial charge >= 0.3 is 0 Å². The van der Waals surface area contributed by atoms with Gasteiger partial charge in [-0.15, -0.1) is 0 Å². The number of fused-ring (bicyclic) bond motifs is 2. The molecule has 0 saturated heterocycles. The van der Waals surface area contributed by atoms with Crippen LogP contribution in [0.4, 0.5) is 5.69 Å². The highest BCUT2D eigenvalue weighted by Crippen LogP contribution is 2.39. The van der Waals surface area contributed by atoms with E-state index in [2.05, 4.69) is 38.1 Å². The predicted molar refractivity (Wildman–Crippen MR) is 104 cm³/mol. The van der Waals surface area contributed by atoms with Crippen LogP contribution in [0.1, 0.15) is 18.1 Å². The molecule has 0 radical (unpaired) electrons. The summed E-state index contributed by atoms with van der Waals surface area (Å²) in [4.78, 5) is 4.84. The van der Waals surface area contributed by atoms with Crippen LogP contribution in [-0.2, 0) is 6.54 Å². The third-order valence-electron chi connectivity index (χ3n) is 4.73. The SMILES string of the molecule is CCn1cc2nc3c(-c4cc(C)cc(C)c4)cccc3c(N)c2c1O. The topological polar surface area (TPSA) is 64.1 Å². The van der Waals surface area contributed by atoms with Crippen molar-refractivity contribution in [1.82, 2.24) is 9.55 Å². The molecule has 126 valence electrons. The van der Waals surface area contributed by atoms with Crippen molar-refractivity contribution in [3.63, 3.8) is 0 Å². The van der Waals surface area contributed by atoms with Gasteiger partial charge in [0.05, 0.1) is 22.1 Å². The first-order chi connectivity index (χ1) is 12.0. The zero-order chi connectivity index (χ0) is 17.7. The summed E-state index contributed by atoms with van der Waals surface area (Å²) < 4.78 is 1.77. The van der Waals surface area contributed by atoms with Gasteiger partial charge < -0.3 is 15.4 Å². The molecule has 4 rings (SSSR count). The fraction of sp³-hybridized carbons (Fsp3) is 0.190. The fourth-order valence-corrected chi connectivity index (χ4v) is 3.62. The van der Waals surface area contributed by atoms with Crippen LogP contribution in [0.2, 0.25) is 0 Å². The number of anilines is 1. The van der Waals surface area contributed by atoms with Gasteiger partial charge in [0.2, 0.25) is 5.88 Å². The first-order valence-electron chi connectivity index (χ1n) is 8.48. The summed E-state index contributed by atoms with van der Waals surface area (Å²) in [6.07, 6.45) is 1.86. The third-order valence-corrected chi connectivity index (χ3v) is 4.73. The van der Waals surface area contributed by atoms with E-state index >= 15 is 0 Å². The van der Waals surface area contributed by atoms with Crippen molar-refractivity contribution in [2.24, 2.45) is 0 Å². The third kappa shape index (κ3) is 2.33. The van der Waals surface area contributed by atoms with Crippen LogP contribution in [0.25, 0.3) is 32.9 Å². The molecule has 0 aliphatic rings. The summed E-state index contributed by atoms with van der Waals surface area (Å²) in [6, 6.07) is 12.5. The Labute approximate surface area is 146 Å². The van der Waals surface area contributed by atoms with Crippen molar-refractivity contribution in [3.8, 4) is 17.0 Å². The average Bonchev–Trinajstić information content (AvgIpc) is 2.90. The van der Waals surface area contributed by atoms with Crippen molar-refractivity contribution in [1.29, 1.82) is 0 Å². The molecule has 4 nitrogen and oxygen atoms in total. The lowest BCUT2D eigenvalue weighted by atomic mass is 9.97. The van der Waals surface area contributed by atoms with Gasteiger partial charge in [-0.1, -0.05) is 47.5 Å². The van der Waals surface area contributed by atoms with E-state index in [1.807, 2.05) is 25.3 Å². The highest BCUT2D eigenvalue weighted by Gasteiger charge is 2.17. The molecule has 0 aliphatic carbocycles. The normalized spacial score (nSPS) is 11.5. The molecule has 0 spiro atoms. The molecule has 3 N–H and O–H groups in total. The van der Waals surface area contributed by atoms with Crippen LogP contribution in [0, 0.1) is 13.8 Å². The van der Waals surface area contributed by atoms with Crippen LogP contribution in [0.3, 0.4) is 0 Å². The molecule has 0 atom stereocenters. The van der Waals surface area contributed by atoms with Gasteiger partial charge in [-0.25, -0.2) is 4.98 Å². The predicted octanol–water partition coefficient (Wildman–Crippen LogP) is 4.78. The largest absolute Gasteiger partial charge is 0.494 e. The van der Waals surface area contributed by atoms with E-state index in [9.17, 15) is 5.11 Å². The second-order valence-corrected chi connectivity index (χ2v) is 6.60. The van der Waals surface area contributed by atoms with Gasteiger partial charge in [-0.2, -0.15) is 0 Å². The number of nitrogen functional groups attached to an aromatic ring is 1. The van der Waals surface area contributed by atoms with Crippen molar-refractivity contribution in [2.45, 2.75) is 27.3 Å². The van der Waals surface area contributed by atoms with Crippen LogP contribution >= 0.6 is 0 Å². The minimum absolute atomic E-state index is 0.182. The number of para-hydroxylation sites is 1. The van der Waals surface area contributed by atoms with E-state index in [-0.39, 0.29) is 5.88 Å². The summed E-state index contributed by atoms with van der Waals surface area (Å²) in [5, 5.41) is 11.9. The number of hydrogen-bond donors (Lipinski definition) is 2. The number of aryl methyl sites for hydroxylation is 3. The number of nitrogens with two attached hydrogens (primary N) is 1. The minimum Gasteiger partial charge on any atom is -0.494 e. The molecule has 25 heavy (non-hydrogen) atoms. The number of aromatic hydroxyl groups is 1. The van der Waals surface area contributed by atoms with Crippen molar-refractivity contribution in [2.75, 3.05) is 5.73 Å². The fourth-order valence-electron chi connectivity index (χ4n) is 3.62. The van der Waals surface area contributed by atoms with E-state index in [0.717, 1.165) is 27.5 Å². The van der Waals surface area contributed by atoms with Gasteiger partial charge in [-0.3, -0.25) is 0 Å². The zero-order valence-corrected chi connectivity index (χ0v) is 14.7. The highest BCUT2D eigenvalue weighted by atomic mass is 16.3. The Kier molecular flexibility index (Phi) is 3.42. The number of rotatable bonds is 2. The first kappa shape index (κ1) is 15.5. The first-order valence-corrected chi connectivity index (χ1v) is 8.48. The molecule has 4 aromatic rings. The van der Waals surface area contributed by atoms with E-state index in [0.29, 0.717) is 17.6 Å². The molecule has 0 unspecified atom stereocenters. The highest BCUT2D eigenvalue weighted by molar-refractivity contribution is 6.12. The molecule has 2 aromatic heterocycles. The summed E-state index contributed by atoms with van der Waals surface area (Å²) in [7, 11) is 0. The van der Waals surface area contributed by atoms with Crippen LogP contribution in [0.5, 0.6) is 5.88 Å². The maximum Gasteiger partial charge on any atom is 0.202 e. The number of nitrogens with zero attached hydrogens (tertiary/aromatic N) is 2. The smallest absolute Gasteiger partial charge is 0.202 e. The molecular weight excluding hydrogens is 310 g/mol. The zero-order valence-electron chi connectivity index (χ0n) is 14.7. The van der Waals surface area contributed by atoms with Gasteiger partial charge in [0.15, 0.2) is 0 Å². The second-order valence-electron chi connectivity index (χ2n) is 6.60. The molecule has 0 bridgehead atoms. The van der Waals surface area contributed by atoms with Crippen molar-refractivity contribution >= 4 is 27.5 Å².